The van der Waals surface area contributed by atoms with E-state index >= 15 is 0 Å². The van der Waals surface area contributed by atoms with Crippen molar-refractivity contribution in [2.45, 2.75) is 32.3 Å². The van der Waals surface area contributed by atoms with Crippen molar-refractivity contribution in [2.24, 2.45) is 0 Å². The zero-order chi connectivity index (χ0) is 19.6. The Bertz CT molecular complexity index is 778. The second kappa shape index (κ2) is 10.7. The van der Waals surface area contributed by atoms with Gasteiger partial charge in [-0.1, -0.05) is 23.9 Å². The molecule has 0 radical (unpaired) electrons. The molecule has 0 saturated carbocycles. The minimum atomic E-state index is -0.506. The molecule has 2 N–H and O–H groups in total. The third-order valence-electron chi connectivity index (χ3n) is 3.60. The molecule has 0 fully saturated rings. The lowest BCUT2D eigenvalue weighted by Crippen LogP contribution is -2.40. The van der Waals surface area contributed by atoms with Gasteiger partial charge in [-0.05, 0) is 44.9 Å². The molecule has 9 heteroatoms. The SMILES string of the molecule is CCOCCCNC(=O)NC(=O)CSc1nnc(C)n1-c1cccc(C)c1. The number of nitrogens with zero attached hydrogens (tertiary/aromatic N) is 3. The number of ether oxygens (including phenoxy) is 1. The Morgan fingerprint density at radius 2 is 2.07 bits per heavy atom. The molecule has 0 bridgehead atoms. The third kappa shape index (κ3) is 6.69. The number of nitrogens with one attached hydrogen (secondary N) is 2. The predicted molar refractivity (Wildman–Crippen MR) is 104 cm³/mol. The van der Waals surface area contributed by atoms with Crippen molar-refractivity contribution in [3.8, 4) is 5.69 Å². The minimum Gasteiger partial charge on any atom is -0.382 e. The van der Waals surface area contributed by atoms with Gasteiger partial charge in [-0.3, -0.25) is 14.7 Å². The van der Waals surface area contributed by atoms with E-state index in [1.165, 1.54) is 11.8 Å². The molecule has 0 spiro atoms. The number of amides is 3. The van der Waals surface area contributed by atoms with Gasteiger partial charge in [0.1, 0.15) is 5.82 Å². The first-order valence-corrected chi connectivity index (χ1v) is 9.77. The molecule has 0 aliphatic heterocycles. The van der Waals surface area contributed by atoms with Crippen LogP contribution in [0.15, 0.2) is 29.4 Å². The van der Waals surface area contributed by atoms with Gasteiger partial charge in [0.25, 0.3) is 0 Å². The van der Waals surface area contributed by atoms with E-state index in [1.54, 1.807) is 0 Å². The lowest BCUT2D eigenvalue weighted by Gasteiger charge is -2.09. The molecule has 0 unspecified atom stereocenters. The number of urea groups is 1. The van der Waals surface area contributed by atoms with Gasteiger partial charge in [0, 0.05) is 25.4 Å². The smallest absolute Gasteiger partial charge is 0.321 e. The Kier molecular flexibility index (Phi) is 8.28. The molecular weight excluding hydrogens is 366 g/mol. The molecule has 8 nitrogen and oxygen atoms in total. The van der Waals surface area contributed by atoms with Gasteiger partial charge in [0.05, 0.1) is 5.75 Å². The van der Waals surface area contributed by atoms with Crippen LogP contribution in [0.5, 0.6) is 0 Å². The van der Waals surface area contributed by atoms with E-state index in [2.05, 4.69) is 20.8 Å². The highest BCUT2D eigenvalue weighted by Gasteiger charge is 2.14. The molecular formula is C18H25N5O3S. The van der Waals surface area contributed by atoms with Crippen LogP contribution in [0.3, 0.4) is 0 Å². The number of hydrogen-bond donors (Lipinski definition) is 2. The van der Waals surface area contributed by atoms with Gasteiger partial charge in [0.15, 0.2) is 5.16 Å². The average Bonchev–Trinajstić information content (AvgIpc) is 3.00. The molecule has 0 aliphatic rings. The molecule has 1 heterocycles. The number of aromatic nitrogens is 3. The van der Waals surface area contributed by atoms with E-state index < -0.39 is 11.9 Å². The van der Waals surface area contributed by atoms with E-state index in [0.29, 0.717) is 31.3 Å². The monoisotopic (exact) mass is 391 g/mol. The maximum atomic E-state index is 12.0. The lowest BCUT2D eigenvalue weighted by molar-refractivity contribution is -0.117. The van der Waals surface area contributed by atoms with Crippen LogP contribution in [0.1, 0.15) is 24.7 Å². The number of rotatable bonds is 9. The first-order valence-electron chi connectivity index (χ1n) is 8.78. The number of aryl methyl sites for hydroxylation is 2. The molecule has 2 aromatic rings. The van der Waals surface area contributed by atoms with Crippen LogP contribution < -0.4 is 10.6 Å². The van der Waals surface area contributed by atoms with Crippen LogP contribution in [0, 0.1) is 13.8 Å². The Balaban J connectivity index is 1.85. The molecule has 0 atom stereocenters. The maximum absolute atomic E-state index is 12.0. The van der Waals surface area contributed by atoms with E-state index in [-0.39, 0.29) is 5.75 Å². The van der Waals surface area contributed by atoms with Crippen molar-refractivity contribution >= 4 is 23.7 Å². The maximum Gasteiger partial charge on any atom is 0.321 e. The first-order chi connectivity index (χ1) is 13.0. The van der Waals surface area contributed by atoms with Crippen molar-refractivity contribution < 1.29 is 14.3 Å². The van der Waals surface area contributed by atoms with Crippen LogP contribution in [0.25, 0.3) is 5.69 Å². The van der Waals surface area contributed by atoms with Gasteiger partial charge in [-0.15, -0.1) is 10.2 Å². The predicted octanol–water partition coefficient (Wildman–Crippen LogP) is 2.23. The Hall–Kier alpha value is -2.39. The quantitative estimate of drug-likeness (QED) is 0.502. The van der Waals surface area contributed by atoms with Crippen molar-refractivity contribution in [3.63, 3.8) is 0 Å². The van der Waals surface area contributed by atoms with Crippen LogP contribution in [-0.4, -0.2) is 52.2 Å². The summed E-state index contributed by atoms with van der Waals surface area (Å²) in [6.45, 7) is 7.46. The van der Waals surface area contributed by atoms with Crippen LogP contribution in [0.4, 0.5) is 4.79 Å². The molecule has 0 aliphatic carbocycles. The zero-order valence-corrected chi connectivity index (χ0v) is 16.6. The molecule has 146 valence electrons. The standard InChI is InChI=1S/C18H25N5O3S/c1-4-26-10-6-9-19-17(25)20-16(24)12-27-18-22-21-14(3)23(18)15-8-5-7-13(2)11-15/h5,7-8,11H,4,6,9-10,12H2,1-3H3,(H2,19,20,24,25). The minimum absolute atomic E-state index is 0.0658. The van der Waals surface area contributed by atoms with Gasteiger partial charge < -0.3 is 10.1 Å². The fourth-order valence-corrected chi connectivity index (χ4v) is 3.16. The molecule has 1 aromatic heterocycles. The highest BCUT2D eigenvalue weighted by molar-refractivity contribution is 7.99. The summed E-state index contributed by atoms with van der Waals surface area (Å²) in [6, 6.07) is 7.45. The van der Waals surface area contributed by atoms with Crippen molar-refractivity contribution in [1.82, 2.24) is 25.4 Å². The summed E-state index contributed by atoms with van der Waals surface area (Å²) < 4.78 is 7.07. The third-order valence-corrected chi connectivity index (χ3v) is 4.52. The number of carbonyl (C=O) groups excluding carboxylic acids is 2. The number of benzene rings is 1. The molecule has 1 aromatic carbocycles. The molecule has 27 heavy (non-hydrogen) atoms. The van der Waals surface area contributed by atoms with Gasteiger partial charge >= 0.3 is 6.03 Å². The Morgan fingerprint density at radius 3 is 2.81 bits per heavy atom. The Morgan fingerprint density at radius 1 is 1.26 bits per heavy atom. The molecule has 3 amide bonds. The molecule has 2 rings (SSSR count). The van der Waals surface area contributed by atoms with Crippen LogP contribution in [0.2, 0.25) is 0 Å². The second-order valence-electron chi connectivity index (χ2n) is 5.85. The summed E-state index contributed by atoms with van der Waals surface area (Å²) in [5.41, 5.74) is 2.06. The fourth-order valence-electron chi connectivity index (χ4n) is 2.36. The lowest BCUT2D eigenvalue weighted by atomic mass is 10.2. The van der Waals surface area contributed by atoms with Gasteiger partial charge in [-0.2, -0.15) is 0 Å². The van der Waals surface area contributed by atoms with E-state index in [4.69, 9.17) is 4.74 Å². The average molecular weight is 391 g/mol. The summed E-state index contributed by atoms with van der Waals surface area (Å²) in [5.74, 6) is 0.408. The van der Waals surface area contributed by atoms with E-state index in [9.17, 15) is 9.59 Å². The van der Waals surface area contributed by atoms with Crippen LogP contribution >= 0.6 is 11.8 Å². The normalized spacial score (nSPS) is 10.6. The summed E-state index contributed by atoms with van der Waals surface area (Å²) >= 11 is 1.23. The van der Waals surface area contributed by atoms with E-state index in [1.807, 2.05) is 49.6 Å². The number of carbonyl (C=O) groups is 2. The van der Waals surface area contributed by atoms with Crippen molar-refractivity contribution in [2.75, 3.05) is 25.5 Å². The van der Waals surface area contributed by atoms with Gasteiger partial charge in [-0.25, -0.2) is 4.79 Å². The Labute approximate surface area is 163 Å². The second-order valence-corrected chi connectivity index (χ2v) is 6.79. The number of imide groups is 1. The molecule has 0 saturated heterocycles. The zero-order valence-electron chi connectivity index (χ0n) is 15.8. The summed E-state index contributed by atoms with van der Waals surface area (Å²) in [6.07, 6.45) is 0.697. The fraction of sp³-hybridized carbons (Fsp3) is 0.444. The van der Waals surface area contributed by atoms with Gasteiger partial charge in [0.2, 0.25) is 5.91 Å². The highest BCUT2D eigenvalue weighted by Crippen LogP contribution is 2.22. The summed E-state index contributed by atoms with van der Waals surface area (Å²) in [4.78, 5) is 23.7. The first kappa shape index (κ1) is 20.9. The van der Waals surface area contributed by atoms with Crippen molar-refractivity contribution in [3.05, 3.63) is 35.7 Å². The van der Waals surface area contributed by atoms with Crippen molar-refractivity contribution in [1.29, 1.82) is 0 Å². The summed E-state index contributed by atoms with van der Waals surface area (Å²) in [7, 11) is 0. The number of thioether (sulfide) groups is 1. The van der Waals surface area contributed by atoms with Crippen LogP contribution in [-0.2, 0) is 9.53 Å². The highest BCUT2D eigenvalue weighted by atomic mass is 32.2. The van der Waals surface area contributed by atoms with E-state index in [0.717, 1.165) is 17.1 Å². The number of hydrogen-bond acceptors (Lipinski definition) is 6. The topological polar surface area (TPSA) is 98.1 Å². The summed E-state index contributed by atoms with van der Waals surface area (Å²) in [5, 5.41) is 13.8. The largest absolute Gasteiger partial charge is 0.382 e.